The van der Waals surface area contributed by atoms with E-state index in [0.29, 0.717) is 6.54 Å². The Bertz CT molecular complexity index is 415. The molecule has 1 heterocycles. The third kappa shape index (κ3) is 4.91. The summed E-state index contributed by atoms with van der Waals surface area (Å²) in [5.74, 6) is -1.37. The van der Waals surface area contributed by atoms with Crippen LogP contribution in [0.5, 0.6) is 0 Å². The molecule has 0 atom stereocenters. The molecule has 100 valence electrons. The van der Waals surface area contributed by atoms with Crippen molar-refractivity contribution in [2.75, 3.05) is 27.2 Å². The fraction of sp³-hybridized carbons (Fsp3) is 0.600. The van der Waals surface area contributed by atoms with Crippen LogP contribution in [0.25, 0.3) is 0 Å². The van der Waals surface area contributed by atoms with Crippen LogP contribution in [-0.2, 0) is 11.3 Å². The van der Waals surface area contributed by atoms with Crippen LogP contribution < -0.4 is 5.32 Å². The number of hydrogen-bond acceptors (Lipinski definition) is 5. The van der Waals surface area contributed by atoms with E-state index in [-0.39, 0.29) is 18.1 Å². The molecule has 0 radical (unpaired) electrons. The molecular weight excluding hydrogens is 238 g/mol. The second kappa shape index (κ2) is 6.70. The molecule has 2 N–H and O–H groups in total. The number of amides is 1. The number of nitrogens with zero attached hydrogens (tertiary/aromatic N) is 4. The minimum absolute atomic E-state index is 0.126. The molecule has 0 saturated heterocycles. The van der Waals surface area contributed by atoms with Crippen LogP contribution in [0.3, 0.4) is 0 Å². The molecule has 18 heavy (non-hydrogen) atoms. The predicted octanol–water partition coefficient (Wildman–Crippen LogP) is -0.956. The minimum Gasteiger partial charge on any atom is -0.480 e. The van der Waals surface area contributed by atoms with Crippen molar-refractivity contribution in [3.05, 3.63) is 11.9 Å². The van der Waals surface area contributed by atoms with Gasteiger partial charge in [-0.05, 0) is 27.1 Å². The topological polar surface area (TPSA) is 100 Å². The van der Waals surface area contributed by atoms with Gasteiger partial charge in [0.05, 0.1) is 6.20 Å². The summed E-state index contributed by atoms with van der Waals surface area (Å²) >= 11 is 0. The number of rotatable bonds is 7. The first kappa shape index (κ1) is 14.1. The average Bonchev–Trinajstić information content (AvgIpc) is 2.71. The third-order valence-electron chi connectivity index (χ3n) is 2.14. The highest BCUT2D eigenvalue weighted by Crippen LogP contribution is 1.93. The molecule has 0 spiro atoms. The first-order valence-corrected chi connectivity index (χ1v) is 5.54. The summed E-state index contributed by atoms with van der Waals surface area (Å²) in [5.41, 5.74) is 0.126. The molecular formula is C10H17N5O3. The molecule has 1 rings (SSSR count). The summed E-state index contributed by atoms with van der Waals surface area (Å²) in [6.07, 6.45) is 2.15. The monoisotopic (exact) mass is 255 g/mol. The van der Waals surface area contributed by atoms with Crippen molar-refractivity contribution in [3.8, 4) is 0 Å². The lowest BCUT2D eigenvalue weighted by Gasteiger charge is -2.08. The first-order valence-electron chi connectivity index (χ1n) is 5.54. The standard InChI is InChI=1S/C10H17N5O3/c1-14(2)5-3-4-11-10(18)8-6-15(13-12-8)7-9(16)17/h6H,3-5,7H2,1-2H3,(H,11,18)(H,16,17). The summed E-state index contributed by atoms with van der Waals surface area (Å²) in [5, 5.41) is 18.4. The lowest BCUT2D eigenvalue weighted by molar-refractivity contribution is -0.137. The quantitative estimate of drug-likeness (QED) is 0.609. The van der Waals surface area contributed by atoms with Crippen molar-refractivity contribution >= 4 is 11.9 Å². The number of nitrogens with one attached hydrogen (secondary N) is 1. The minimum atomic E-state index is -1.03. The van der Waals surface area contributed by atoms with Crippen LogP contribution in [-0.4, -0.2) is 64.1 Å². The zero-order valence-electron chi connectivity index (χ0n) is 10.5. The molecule has 8 nitrogen and oxygen atoms in total. The van der Waals surface area contributed by atoms with Crippen LogP contribution >= 0.6 is 0 Å². The van der Waals surface area contributed by atoms with Gasteiger partial charge in [0, 0.05) is 6.54 Å². The Labute approximate surface area is 105 Å². The molecule has 0 aromatic carbocycles. The summed E-state index contributed by atoms with van der Waals surface area (Å²) in [7, 11) is 3.92. The highest BCUT2D eigenvalue weighted by molar-refractivity contribution is 5.91. The average molecular weight is 255 g/mol. The predicted molar refractivity (Wildman–Crippen MR) is 63.2 cm³/mol. The Morgan fingerprint density at radius 1 is 1.50 bits per heavy atom. The van der Waals surface area contributed by atoms with Gasteiger partial charge < -0.3 is 15.3 Å². The lowest BCUT2D eigenvalue weighted by Crippen LogP contribution is -2.27. The van der Waals surface area contributed by atoms with E-state index >= 15 is 0 Å². The number of carboxylic acids is 1. The van der Waals surface area contributed by atoms with Gasteiger partial charge >= 0.3 is 5.97 Å². The van der Waals surface area contributed by atoms with E-state index in [1.54, 1.807) is 0 Å². The Morgan fingerprint density at radius 2 is 2.22 bits per heavy atom. The molecule has 1 aromatic rings. The molecule has 0 fully saturated rings. The van der Waals surface area contributed by atoms with Crippen molar-refractivity contribution in [2.24, 2.45) is 0 Å². The van der Waals surface area contributed by atoms with E-state index in [0.717, 1.165) is 17.6 Å². The zero-order valence-corrected chi connectivity index (χ0v) is 10.5. The molecule has 0 aliphatic rings. The number of carbonyl (C=O) groups excluding carboxylic acids is 1. The van der Waals surface area contributed by atoms with Crippen LogP contribution in [0.4, 0.5) is 0 Å². The SMILES string of the molecule is CN(C)CCCNC(=O)c1cn(CC(=O)O)nn1. The molecule has 0 unspecified atom stereocenters. The number of carboxylic acid groups (broad SMARTS) is 1. The maximum Gasteiger partial charge on any atom is 0.325 e. The van der Waals surface area contributed by atoms with Crippen molar-refractivity contribution in [3.63, 3.8) is 0 Å². The van der Waals surface area contributed by atoms with Crippen molar-refractivity contribution in [1.29, 1.82) is 0 Å². The number of carbonyl (C=O) groups is 2. The van der Waals surface area contributed by atoms with Gasteiger partial charge in [0.25, 0.3) is 5.91 Å². The Hall–Kier alpha value is -1.96. The molecule has 8 heteroatoms. The van der Waals surface area contributed by atoms with Crippen molar-refractivity contribution < 1.29 is 14.7 Å². The first-order chi connectivity index (χ1) is 8.49. The van der Waals surface area contributed by atoms with Gasteiger partial charge in [-0.2, -0.15) is 0 Å². The molecule has 0 saturated carbocycles. The van der Waals surface area contributed by atoms with Crippen molar-refractivity contribution in [1.82, 2.24) is 25.2 Å². The number of aliphatic carboxylic acids is 1. The smallest absolute Gasteiger partial charge is 0.325 e. The normalized spacial score (nSPS) is 10.6. The number of hydrogen-bond donors (Lipinski definition) is 2. The van der Waals surface area contributed by atoms with Gasteiger partial charge in [-0.25, -0.2) is 4.68 Å². The van der Waals surface area contributed by atoms with Gasteiger partial charge in [-0.1, -0.05) is 5.21 Å². The van der Waals surface area contributed by atoms with Crippen LogP contribution in [0.15, 0.2) is 6.20 Å². The van der Waals surface area contributed by atoms with Gasteiger partial charge in [-0.3, -0.25) is 9.59 Å². The lowest BCUT2D eigenvalue weighted by atomic mass is 10.3. The maximum absolute atomic E-state index is 11.6. The second-order valence-corrected chi connectivity index (χ2v) is 4.11. The Balaban J connectivity index is 2.37. The van der Waals surface area contributed by atoms with Crippen LogP contribution in [0.2, 0.25) is 0 Å². The van der Waals surface area contributed by atoms with E-state index in [9.17, 15) is 9.59 Å². The van der Waals surface area contributed by atoms with Gasteiger partial charge in [0.2, 0.25) is 0 Å². The van der Waals surface area contributed by atoms with E-state index in [1.165, 1.54) is 6.20 Å². The van der Waals surface area contributed by atoms with Crippen LogP contribution in [0.1, 0.15) is 16.9 Å². The molecule has 0 aliphatic carbocycles. The van der Waals surface area contributed by atoms with Gasteiger partial charge in [0.1, 0.15) is 6.54 Å². The van der Waals surface area contributed by atoms with Crippen LogP contribution in [0, 0.1) is 0 Å². The van der Waals surface area contributed by atoms with E-state index in [2.05, 4.69) is 15.6 Å². The number of aromatic nitrogens is 3. The Kier molecular flexibility index (Phi) is 5.25. The van der Waals surface area contributed by atoms with E-state index in [4.69, 9.17) is 5.11 Å². The molecule has 0 bridgehead atoms. The van der Waals surface area contributed by atoms with Gasteiger partial charge in [0.15, 0.2) is 5.69 Å². The van der Waals surface area contributed by atoms with Gasteiger partial charge in [-0.15, -0.1) is 5.10 Å². The van der Waals surface area contributed by atoms with Crippen molar-refractivity contribution in [2.45, 2.75) is 13.0 Å². The maximum atomic E-state index is 11.6. The summed E-state index contributed by atoms with van der Waals surface area (Å²) in [6, 6.07) is 0. The molecule has 0 aliphatic heterocycles. The largest absolute Gasteiger partial charge is 0.480 e. The zero-order chi connectivity index (χ0) is 13.5. The third-order valence-corrected chi connectivity index (χ3v) is 2.14. The highest BCUT2D eigenvalue weighted by atomic mass is 16.4. The fourth-order valence-electron chi connectivity index (χ4n) is 1.31. The summed E-state index contributed by atoms with van der Waals surface area (Å²) in [4.78, 5) is 24.1. The highest BCUT2D eigenvalue weighted by Gasteiger charge is 2.11. The summed E-state index contributed by atoms with van der Waals surface area (Å²) in [6.45, 7) is 1.12. The summed E-state index contributed by atoms with van der Waals surface area (Å²) < 4.78 is 1.11. The molecule has 1 aromatic heterocycles. The Morgan fingerprint density at radius 3 is 2.83 bits per heavy atom. The van der Waals surface area contributed by atoms with E-state index in [1.807, 2.05) is 19.0 Å². The van der Waals surface area contributed by atoms with E-state index < -0.39 is 5.97 Å². The molecule has 1 amide bonds. The fourth-order valence-corrected chi connectivity index (χ4v) is 1.31. The second-order valence-electron chi connectivity index (χ2n) is 4.11.